The molecule has 1 aromatic rings. The van der Waals surface area contributed by atoms with E-state index in [9.17, 15) is 4.79 Å². The van der Waals surface area contributed by atoms with Crippen LogP contribution in [0.15, 0.2) is 65.5 Å². The minimum atomic E-state index is -0.372. The van der Waals surface area contributed by atoms with Crippen LogP contribution < -0.4 is 0 Å². The maximum Gasteiger partial charge on any atom is 0.337 e. The number of nitrogens with zero attached hydrogens (tertiary/aromatic N) is 1. The van der Waals surface area contributed by atoms with E-state index in [1.54, 1.807) is 18.2 Å². The zero-order valence-corrected chi connectivity index (χ0v) is 13.4. The van der Waals surface area contributed by atoms with Crippen LogP contribution in [0.25, 0.3) is 5.57 Å². The number of esters is 1. The molecule has 1 heterocycles. The van der Waals surface area contributed by atoms with Gasteiger partial charge in [-0.3, -0.25) is 0 Å². The SMILES string of the molecule is COC(=O)C1=CC2=C(CC=C1)OCCC=C2c1ccc(C#N)cc1. The summed E-state index contributed by atoms with van der Waals surface area (Å²) in [5.74, 6) is 0.474. The third-order valence-electron chi connectivity index (χ3n) is 3.98. The van der Waals surface area contributed by atoms with E-state index in [0.29, 0.717) is 24.2 Å². The molecule has 0 atom stereocenters. The fraction of sp³-hybridized carbons (Fsp3) is 0.200. The fourth-order valence-corrected chi connectivity index (χ4v) is 2.79. The van der Waals surface area contributed by atoms with Crippen molar-refractivity contribution in [3.8, 4) is 6.07 Å². The van der Waals surface area contributed by atoms with Crippen molar-refractivity contribution in [3.63, 3.8) is 0 Å². The smallest absolute Gasteiger partial charge is 0.337 e. The predicted molar refractivity (Wildman–Crippen MR) is 90.6 cm³/mol. The number of benzene rings is 1. The van der Waals surface area contributed by atoms with Gasteiger partial charge < -0.3 is 9.47 Å². The predicted octanol–water partition coefficient (Wildman–Crippen LogP) is 3.68. The van der Waals surface area contributed by atoms with E-state index in [-0.39, 0.29) is 5.97 Å². The standard InChI is InChI=1S/C20H17NO3/c1-23-20(22)16-4-2-6-19-18(12-16)17(5-3-11-24-19)15-9-7-14(13-21)8-10-15/h2,4-5,7-10,12H,3,6,11H2,1H3. The second-order valence-electron chi connectivity index (χ2n) is 5.48. The van der Waals surface area contributed by atoms with Crippen LogP contribution in [0.5, 0.6) is 0 Å². The molecule has 1 aliphatic carbocycles. The van der Waals surface area contributed by atoms with Crippen LogP contribution >= 0.6 is 0 Å². The number of hydrogen-bond acceptors (Lipinski definition) is 4. The molecule has 120 valence electrons. The minimum absolute atomic E-state index is 0.372. The molecule has 0 radical (unpaired) electrons. The summed E-state index contributed by atoms with van der Waals surface area (Å²) in [4.78, 5) is 11.9. The average molecular weight is 319 g/mol. The highest BCUT2D eigenvalue weighted by Gasteiger charge is 2.20. The molecule has 3 rings (SSSR count). The van der Waals surface area contributed by atoms with Crippen LogP contribution in [0.2, 0.25) is 0 Å². The zero-order chi connectivity index (χ0) is 16.9. The van der Waals surface area contributed by atoms with Crippen LogP contribution in [0, 0.1) is 11.3 Å². The molecule has 0 spiro atoms. The van der Waals surface area contributed by atoms with E-state index >= 15 is 0 Å². The third-order valence-corrected chi connectivity index (χ3v) is 3.98. The molecule has 0 saturated heterocycles. The normalized spacial score (nSPS) is 16.7. The second-order valence-corrected chi connectivity index (χ2v) is 5.48. The van der Waals surface area contributed by atoms with Gasteiger partial charge in [-0.1, -0.05) is 30.4 Å². The van der Waals surface area contributed by atoms with Crippen molar-refractivity contribution in [1.29, 1.82) is 5.26 Å². The molecule has 4 heteroatoms. The number of rotatable bonds is 2. The topological polar surface area (TPSA) is 59.3 Å². The van der Waals surface area contributed by atoms with Crippen molar-refractivity contribution >= 4 is 11.5 Å². The number of carbonyl (C=O) groups excluding carboxylic acids is 1. The molecule has 0 bridgehead atoms. The van der Waals surface area contributed by atoms with Gasteiger partial charge in [-0.15, -0.1) is 0 Å². The lowest BCUT2D eigenvalue weighted by Crippen LogP contribution is -2.03. The van der Waals surface area contributed by atoms with E-state index in [4.69, 9.17) is 14.7 Å². The van der Waals surface area contributed by atoms with Gasteiger partial charge in [0.1, 0.15) is 5.76 Å². The van der Waals surface area contributed by atoms with Crippen LogP contribution in [0.4, 0.5) is 0 Å². The summed E-state index contributed by atoms with van der Waals surface area (Å²) in [6.07, 6.45) is 9.01. The molecular formula is C20H17NO3. The highest BCUT2D eigenvalue weighted by atomic mass is 16.5. The number of nitriles is 1. The van der Waals surface area contributed by atoms with Crippen molar-refractivity contribution < 1.29 is 14.3 Å². The summed E-state index contributed by atoms with van der Waals surface area (Å²) in [5.41, 5.74) is 4.01. The maximum absolute atomic E-state index is 11.9. The molecule has 0 N–H and O–H groups in total. The van der Waals surface area contributed by atoms with Crippen LogP contribution in [-0.4, -0.2) is 19.7 Å². The number of hydrogen-bond donors (Lipinski definition) is 0. The monoisotopic (exact) mass is 319 g/mol. The largest absolute Gasteiger partial charge is 0.497 e. The van der Waals surface area contributed by atoms with Gasteiger partial charge in [-0.05, 0) is 29.3 Å². The average Bonchev–Trinajstić information content (AvgIpc) is 2.95. The van der Waals surface area contributed by atoms with Crippen molar-refractivity contribution in [2.24, 2.45) is 0 Å². The van der Waals surface area contributed by atoms with E-state index in [2.05, 4.69) is 12.1 Å². The number of methoxy groups -OCH3 is 1. The van der Waals surface area contributed by atoms with Gasteiger partial charge in [0.2, 0.25) is 0 Å². The molecule has 0 amide bonds. The molecular weight excluding hydrogens is 302 g/mol. The Hall–Kier alpha value is -3.06. The summed E-state index contributed by atoms with van der Waals surface area (Å²) in [7, 11) is 1.37. The molecule has 0 fully saturated rings. The number of ether oxygens (including phenoxy) is 2. The van der Waals surface area contributed by atoms with Gasteiger partial charge in [-0.2, -0.15) is 5.26 Å². The van der Waals surface area contributed by atoms with Gasteiger partial charge >= 0.3 is 5.97 Å². The molecule has 0 aromatic heterocycles. The number of carbonyl (C=O) groups is 1. The second kappa shape index (κ2) is 7.01. The molecule has 2 aliphatic rings. The number of allylic oxidation sites excluding steroid dienone is 4. The molecule has 1 aliphatic heterocycles. The first kappa shape index (κ1) is 15.8. The zero-order valence-electron chi connectivity index (χ0n) is 13.4. The Morgan fingerprint density at radius 3 is 2.79 bits per heavy atom. The quantitative estimate of drug-likeness (QED) is 0.780. The van der Waals surface area contributed by atoms with Crippen LogP contribution in [-0.2, 0) is 14.3 Å². The summed E-state index contributed by atoms with van der Waals surface area (Å²) in [6.45, 7) is 0.605. The Bertz CT molecular complexity index is 817. The Labute approximate surface area is 141 Å². The van der Waals surface area contributed by atoms with Gasteiger partial charge in [0.15, 0.2) is 0 Å². The molecule has 0 unspecified atom stereocenters. The minimum Gasteiger partial charge on any atom is -0.497 e. The van der Waals surface area contributed by atoms with Crippen molar-refractivity contribution in [1.82, 2.24) is 0 Å². The fourth-order valence-electron chi connectivity index (χ4n) is 2.79. The molecule has 0 saturated carbocycles. The lowest BCUT2D eigenvalue weighted by Gasteiger charge is -2.13. The third kappa shape index (κ3) is 3.16. The summed E-state index contributed by atoms with van der Waals surface area (Å²) in [5, 5.41) is 8.97. The van der Waals surface area contributed by atoms with Gasteiger partial charge in [0.25, 0.3) is 0 Å². The molecule has 1 aromatic carbocycles. The van der Waals surface area contributed by atoms with E-state index in [1.807, 2.05) is 24.3 Å². The Kier molecular flexibility index (Phi) is 4.62. The van der Waals surface area contributed by atoms with Crippen molar-refractivity contribution in [3.05, 3.63) is 76.6 Å². The lowest BCUT2D eigenvalue weighted by molar-refractivity contribution is -0.135. The summed E-state index contributed by atoms with van der Waals surface area (Å²) < 4.78 is 10.7. The van der Waals surface area contributed by atoms with Gasteiger partial charge in [-0.25, -0.2) is 4.79 Å². The first-order chi connectivity index (χ1) is 11.7. The van der Waals surface area contributed by atoms with Crippen LogP contribution in [0.3, 0.4) is 0 Å². The highest BCUT2D eigenvalue weighted by molar-refractivity contribution is 5.95. The highest BCUT2D eigenvalue weighted by Crippen LogP contribution is 2.34. The van der Waals surface area contributed by atoms with Crippen LogP contribution in [0.1, 0.15) is 24.0 Å². The van der Waals surface area contributed by atoms with E-state index in [0.717, 1.165) is 28.9 Å². The first-order valence-electron chi connectivity index (χ1n) is 7.76. The lowest BCUT2D eigenvalue weighted by atomic mass is 9.94. The van der Waals surface area contributed by atoms with E-state index in [1.165, 1.54) is 7.11 Å². The Morgan fingerprint density at radius 2 is 2.08 bits per heavy atom. The van der Waals surface area contributed by atoms with Crippen molar-refractivity contribution in [2.45, 2.75) is 12.8 Å². The molecule has 4 nitrogen and oxygen atoms in total. The summed E-state index contributed by atoms with van der Waals surface area (Å²) in [6, 6.07) is 9.56. The first-order valence-corrected chi connectivity index (χ1v) is 7.76. The Morgan fingerprint density at radius 1 is 1.29 bits per heavy atom. The van der Waals surface area contributed by atoms with Crippen molar-refractivity contribution in [2.75, 3.05) is 13.7 Å². The van der Waals surface area contributed by atoms with E-state index < -0.39 is 0 Å². The van der Waals surface area contributed by atoms with Gasteiger partial charge in [0, 0.05) is 18.4 Å². The van der Waals surface area contributed by atoms with Gasteiger partial charge in [0.05, 0.1) is 30.9 Å². The summed E-state index contributed by atoms with van der Waals surface area (Å²) >= 11 is 0. The maximum atomic E-state index is 11.9. The molecule has 24 heavy (non-hydrogen) atoms. The Balaban J connectivity index is 2.08.